The van der Waals surface area contributed by atoms with Crippen LogP contribution < -0.4 is 5.32 Å². The van der Waals surface area contributed by atoms with Gasteiger partial charge in [-0.25, -0.2) is 0 Å². The van der Waals surface area contributed by atoms with Crippen LogP contribution in [0.15, 0.2) is 36.5 Å². The minimum absolute atomic E-state index is 0.0141. The molecule has 0 saturated carbocycles. The highest BCUT2D eigenvalue weighted by atomic mass is 16.7. The third-order valence-electron chi connectivity index (χ3n) is 19.7. The number of rotatable bonds is 74. The molecule has 6 N–H and O–H groups in total. The lowest BCUT2D eigenvalue weighted by molar-refractivity contribution is -0.302. The van der Waals surface area contributed by atoms with Crippen LogP contribution in [0.3, 0.4) is 0 Å². The zero-order valence-electron chi connectivity index (χ0n) is 62.0. The first-order chi connectivity index (χ1) is 46.2. The van der Waals surface area contributed by atoms with E-state index >= 15 is 0 Å². The molecule has 0 bridgehead atoms. The first-order valence-corrected chi connectivity index (χ1v) is 41.3. The molecule has 7 atom stereocenters. The Balaban J connectivity index is 1.83. The summed E-state index contributed by atoms with van der Waals surface area (Å²) in [6, 6.07) is -0.804. The number of carbonyl (C=O) groups is 2. The summed E-state index contributed by atoms with van der Waals surface area (Å²) in [5, 5.41) is 54.4. The molecular weight excluding hydrogens is 1170 g/mol. The molecule has 1 aliphatic rings. The molecule has 0 aliphatic carbocycles. The SMILES string of the molecule is CCCCC/C=C\C/C=C\CCCCCCCCCCCC(=O)OCCCCCCCCCCCCCCCCCCCCCCCCCCCCCCCCCCCCCCCC(=O)NC(COC1OC(CO)C(O)C(O)C1O)C(O)/C=C/CCCCCCCCCC. The van der Waals surface area contributed by atoms with Gasteiger partial charge in [0.1, 0.15) is 24.4 Å². The Bertz CT molecular complexity index is 1660. The Morgan fingerprint density at radius 3 is 1.10 bits per heavy atom. The van der Waals surface area contributed by atoms with Gasteiger partial charge in [0.2, 0.25) is 5.91 Å². The summed E-state index contributed by atoms with van der Waals surface area (Å²) in [6.45, 7) is 4.35. The van der Waals surface area contributed by atoms with E-state index in [9.17, 15) is 35.1 Å². The van der Waals surface area contributed by atoms with Crippen molar-refractivity contribution < 1.29 is 49.3 Å². The molecule has 0 spiro atoms. The van der Waals surface area contributed by atoms with Gasteiger partial charge < -0.3 is 45.1 Å². The Morgan fingerprint density at radius 2 is 0.713 bits per heavy atom. The molecule has 0 radical (unpaired) electrons. The first kappa shape index (κ1) is 89.9. The van der Waals surface area contributed by atoms with Crippen LogP contribution in [0.5, 0.6) is 0 Å². The summed E-state index contributed by atoms with van der Waals surface area (Å²) in [5.74, 6) is -0.161. The van der Waals surface area contributed by atoms with Gasteiger partial charge in [0.25, 0.3) is 0 Å². The molecule has 7 unspecified atom stereocenters. The van der Waals surface area contributed by atoms with Crippen LogP contribution in [0.1, 0.15) is 418 Å². The van der Waals surface area contributed by atoms with E-state index in [-0.39, 0.29) is 18.5 Å². The number of hydrogen-bond donors (Lipinski definition) is 6. The van der Waals surface area contributed by atoms with Gasteiger partial charge in [0.05, 0.1) is 32.0 Å². The summed E-state index contributed by atoms with van der Waals surface area (Å²) < 4.78 is 16.8. The van der Waals surface area contributed by atoms with Gasteiger partial charge in [-0.1, -0.05) is 378 Å². The maximum absolute atomic E-state index is 13.1. The Morgan fingerprint density at radius 1 is 0.394 bits per heavy atom. The smallest absolute Gasteiger partial charge is 0.305 e. The summed E-state index contributed by atoms with van der Waals surface area (Å²) in [7, 11) is 0. The number of unbranched alkanes of at least 4 members (excludes halogenated alkanes) is 56. The molecule has 0 aromatic carbocycles. The Labute approximate surface area is 581 Å². The molecule has 1 aliphatic heterocycles. The monoisotopic (exact) mass is 1330 g/mol. The Hall–Kier alpha value is -2.12. The molecule has 554 valence electrons. The number of allylic oxidation sites excluding steroid dienone is 5. The Kier molecular flexibility index (Phi) is 69.0. The van der Waals surface area contributed by atoms with Crippen LogP contribution in [0.2, 0.25) is 0 Å². The second-order valence-electron chi connectivity index (χ2n) is 28.8. The fourth-order valence-electron chi connectivity index (χ4n) is 13.3. The van der Waals surface area contributed by atoms with Crippen molar-refractivity contribution in [3.05, 3.63) is 36.5 Å². The fraction of sp³-hybridized carbons (Fsp3) is 0.904. The van der Waals surface area contributed by atoms with Crippen LogP contribution in [-0.4, -0.2) is 100 Å². The summed E-state index contributed by atoms with van der Waals surface area (Å²) in [4.78, 5) is 25.2. The van der Waals surface area contributed by atoms with Crippen molar-refractivity contribution in [2.45, 2.75) is 461 Å². The number of aliphatic hydroxyl groups is 5. The molecule has 11 nitrogen and oxygen atoms in total. The van der Waals surface area contributed by atoms with Crippen LogP contribution in [-0.2, 0) is 23.8 Å². The molecule has 1 saturated heterocycles. The van der Waals surface area contributed by atoms with Gasteiger partial charge in [0.15, 0.2) is 6.29 Å². The highest BCUT2D eigenvalue weighted by Crippen LogP contribution is 2.24. The third-order valence-corrected chi connectivity index (χ3v) is 19.7. The number of amides is 1. The van der Waals surface area contributed by atoms with Gasteiger partial charge in [-0.3, -0.25) is 9.59 Å². The predicted octanol–water partition coefficient (Wildman–Crippen LogP) is 22.5. The lowest BCUT2D eigenvalue weighted by Gasteiger charge is -2.40. The number of nitrogens with one attached hydrogen (secondary N) is 1. The van der Waals surface area contributed by atoms with Gasteiger partial charge in [-0.2, -0.15) is 0 Å². The second kappa shape index (κ2) is 72.1. The van der Waals surface area contributed by atoms with E-state index in [0.717, 1.165) is 64.2 Å². The molecule has 1 rings (SSSR count). The van der Waals surface area contributed by atoms with E-state index in [1.165, 1.54) is 327 Å². The highest BCUT2D eigenvalue weighted by molar-refractivity contribution is 5.76. The van der Waals surface area contributed by atoms with Crippen molar-refractivity contribution >= 4 is 11.9 Å². The number of carbonyl (C=O) groups excluding carboxylic acids is 2. The van der Waals surface area contributed by atoms with Crippen molar-refractivity contribution in [3.63, 3.8) is 0 Å². The van der Waals surface area contributed by atoms with E-state index in [1.807, 2.05) is 6.08 Å². The zero-order chi connectivity index (χ0) is 67.9. The zero-order valence-corrected chi connectivity index (χ0v) is 62.0. The van der Waals surface area contributed by atoms with Crippen molar-refractivity contribution in [1.29, 1.82) is 0 Å². The van der Waals surface area contributed by atoms with Crippen molar-refractivity contribution in [3.8, 4) is 0 Å². The molecule has 1 amide bonds. The minimum atomic E-state index is -1.57. The van der Waals surface area contributed by atoms with E-state index in [1.54, 1.807) is 6.08 Å². The number of esters is 1. The number of aliphatic hydroxyl groups excluding tert-OH is 5. The highest BCUT2D eigenvalue weighted by Gasteiger charge is 2.44. The average molecular weight is 1330 g/mol. The molecule has 11 heteroatoms. The van der Waals surface area contributed by atoms with Gasteiger partial charge in [0, 0.05) is 12.8 Å². The minimum Gasteiger partial charge on any atom is -0.466 e. The molecule has 1 fully saturated rings. The average Bonchev–Trinajstić information content (AvgIpc) is 1.07. The quantitative estimate of drug-likeness (QED) is 0.0195. The lowest BCUT2D eigenvalue weighted by Crippen LogP contribution is -2.60. The van der Waals surface area contributed by atoms with E-state index in [4.69, 9.17) is 14.2 Å². The van der Waals surface area contributed by atoms with Crippen LogP contribution in [0.4, 0.5) is 0 Å². The van der Waals surface area contributed by atoms with E-state index in [0.29, 0.717) is 19.4 Å². The molecule has 1 heterocycles. The normalized spacial score (nSPS) is 17.5. The topological polar surface area (TPSA) is 175 Å². The van der Waals surface area contributed by atoms with Crippen molar-refractivity contribution in [2.24, 2.45) is 0 Å². The largest absolute Gasteiger partial charge is 0.466 e. The molecular formula is C83H157NO10. The molecule has 94 heavy (non-hydrogen) atoms. The summed E-state index contributed by atoms with van der Waals surface area (Å²) in [6.07, 6.45) is 84.9. The maximum atomic E-state index is 13.1. The lowest BCUT2D eigenvalue weighted by atomic mass is 9.99. The van der Waals surface area contributed by atoms with Crippen LogP contribution in [0, 0.1) is 0 Å². The molecule has 0 aromatic rings. The maximum Gasteiger partial charge on any atom is 0.305 e. The standard InChI is InChI=1S/C83H157NO10/c1-3-5-7-9-11-13-15-16-17-18-38-42-45-48-51-55-59-63-67-71-79(88)92-72-68-64-60-56-52-49-46-43-40-37-35-33-31-29-27-25-23-21-19-20-22-24-26-28-30-32-34-36-39-41-44-47-50-54-58-62-66-70-78(87)84-75(74-93-83-82(91)81(90)80(89)77(73-85)94-83)76(86)69-65-61-57-53-14-12-10-8-6-4-2/h11,13,16-17,65,69,75-77,80-83,85-86,89-91H,3-10,12,14-15,18-64,66-68,70-74H2,1-2H3,(H,84,87)/b13-11-,17-16-,69-65+. The van der Waals surface area contributed by atoms with Crippen molar-refractivity contribution in [1.82, 2.24) is 5.32 Å². The first-order valence-electron chi connectivity index (χ1n) is 41.3. The number of ether oxygens (including phenoxy) is 3. The van der Waals surface area contributed by atoms with Gasteiger partial charge in [-0.05, 0) is 64.2 Å². The van der Waals surface area contributed by atoms with E-state index in [2.05, 4.69) is 43.5 Å². The van der Waals surface area contributed by atoms with Crippen LogP contribution >= 0.6 is 0 Å². The van der Waals surface area contributed by atoms with Gasteiger partial charge >= 0.3 is 5.97 Å². The molecule has 0 aromatic heterocycles. The van der Waals surface area contributed by atoms with E-state index < -0.39 is 49.5 Å². The van der Waals surface area contributed by atoms with Crippen molar-refractivity contribution in [2.75, 3.05) is 19.8 Å². The summed E-state index contributed by atoms with van der Waals surface area (Å²) in [5.41, 5.74) is 0. The van der Waals surface area contributed by atoms with Crippen LogP contribution in [0.25, 0.3) is 0 Å². The second-order valence-corrected chi connectivity index (χ2v) is 28.8. The fourth-order valence-corrected chi connectivity index (χ4v) is 13.3. The third kappa shape index (κ3) is 59.9. The number of hydrogen-bond acceptors (Lipinski definition) is 10. The predicted molar refractivity (Wildman–Crippen MR) is 398 cm³/mol. The van der Waals surface area contributed by atoms with Gasteiger partial charge in [-0.15, -0.1) is 0 Å². The summed E-state index contributed by atoms with van der Waals surface area (Å²) >= 11 is 0.